The standard InChI is InChI=1S/C31H34N2O5/c1-30(2,3)22-11-9-21(10-12-22)29(35)37-24-14-7-20(8-15-24)18-32-33-28(34)27-19-36-25-16-13-23(31(4,5)6)17-26(25)38-27/h7-18,27H,19H2,1-6H3,(H,33,34)/b32-18-. The summed E-state index contributed by atoms with van der Waals surface area (Å²) in [4.78, 5) is 25.1. The molecule has 0 saturated carbocycles. The Hall–Kier alpha value is -4.13. The Bertz CT molecular complexity index is 1330. The van der Waals surface area contributed by atoms with E-state index in [-0.39, 0.29) is 17.4 Å². The number of hydrogen-bond acceptors (Lipinski definition) is 6. The van der Waals surface area contributed by atoms with E-state index in [0.29, 0.717) is 22.8 Å². The van der Waals surface area contributed by atoms with E-state index in [1.54, 1.807) is 36.4 Å². The first kappa shape index (κ1) is 26.9. The van der Waals surface area contributed by atoms with Crippen molar-refractivity contribution in [2.45, 2.75) is 58.5 Å². The Kier molecular flexibility index (Phi) is 7.58. The van der Waals surface area contributed by atoms with Crippen molar-refractivity contribution in [3.8, 4) is 17.2 Å². The molecule has 0 bridgehead atoms. The highest BCUT2D eigenvalue weighted by atomic mass is 16.6. The van der Waals surface area contributed by atoms with Gasteiger partial charge in [-0.1, -0.05) is 59.7 Å². The number of nitrogens with zero attached hydrogens (tertiary/aromatic N) is 1. The third kappa shape index (κ3) is 6.59. The second-order valence-electron chi connectivity index (χ2n) is 11.3. The van der Waals surface area contributed by atoms with Crippen LogP contribution in [-0.4, -0.2) is 30.8 Å². The molecule has 7 nitrogen and oxygen atoms in total. The summed E-state index contributed by atoms with van der Waals surface area (Å²) in [5.74, 6) is 0.745. The van der Waals surface area contributed by atoms with Crippen LogP contribution in [0.4, 0.5) is 0 Å². The fourth-order valence-corrected chi connectivity index (χ4v) is 3.80. The smallest absolute Gasteiger partial charge is 0.343 e. The number of rotatable bonds is 5. The summed E-state index contributed by atoms with van der Waals surface area (Å²) >= 11 is 0. The maximum Gasteiger partial charge on any atom is 0.343 e. The van der Waals surface area contributed by atoms with Crippen LogP contribution in [0.1, 0.15) is 68.6 Å². The predicted octanol–water partition coefficient (Wildman–Crippen LogP) is 5.79. The first-order valence-electron chi connectivity index (χ1n) is 12.6. The topological polar surface area (TPSA) is 86.2 Å². The molecule has 0 aliphatic carbocycles. The summed E-state index contributed by atoms with van der Waals surface area (Å²) < 4.78 is 17.1. The fourth-order valence-electron chi connectivity index (χ4n) is 3.80. The molecule has 1 atom stereocenters. The average Bonchev–Trinajstić information content (AvgIpc) is 2.88. The number of carbonyl (C=O) groups is 2. The molecule has 0 radical (unpaired) electrons. The monoisotopic (exact) mass is 514 g/mol. The molecule has 38 heavy (non-hydrogen) atoms. The van der Waals surface area contributed by atoms with Gasteiger partial charge in [0.1, 0.15) is 12.4 Å². The lowest BCUT2D eigenvalue weighted by atomic mass is 9.87. The fraction of sp³-hybridized carbons (Fsp3) is 0.323. The van der Waals surface area contributed by atoms with Crippen LogP contribution in [0.25, 0.3) is 0 Å². The second kappa shape index (κ2) is 10.7. The zero-order valence-corrected chi connectivity index (χ0v) is 22.7. The van der Waals surface area contributed by atoms with Gasteiger partial charge in [-0.15, -0.1) is 0 Å². The predicted molar refractivity (Wildman–Crippen MR) is 147 cm³/mol. The van der Waals surface area contributed by atoms with Crippen LogP contribution in [0.3, 0.4) is 0 Å². The van der Waals surface area contributed by atoms with Gasteiger partial charge in [-0.3, -0.25) is 4.79 Å². The quantitative estimate of drug-likeness (QED) is 0.202. The van der Waals surface area contributed by atoms with Gasteiger partial charge in [-0.05, 0) is 76.1 Å². The minimum atomic E-state index is -0.811. The number of ether oxygens (including phenoxy) is 3. The van der Waals surface area contributed by atoms with Crippen molar-refractivity contribution in [1.29, 1.82) is 0 Å². The number of carbonyl (C=O) groups excluding carboxylic acids is 2. The number of fused-ring (bicyclic) bond motifs is 1. The number of benzene rings is 3. The molecule has 1 unspecified atom stereocenters. The minimum Gasteiger partial charge on any atom is -0.485 e. The van der Waals surface area contributed by atoms with Gasteiger partial charge in [0, 0.05) is 0 Å². The highest BCUT2D eigenvalue weighted by Crippen LogP contribution is 2.36. The molecule has 198 valence electrons. The molecule has 3 aromatic rings. The van der Waals surface area contributed by atoms with Crippen LogP contribution in [0, 0.1) is 0 Å². The van der Waals surface area contributed by atoms with Crippen molar-refractivity contribution in [3.63, 3.8) is 0 Å². The Morgan fingerprint density at radius 1 is 0.868 bits per heavy atom. The van der Waals surface area contributed by atoms with Crippen LogP contribution in [-0.2, 0) is 15.6 Å². The normalized spacial score (nSPS) is 15.3. The number of hydrogen-bond donors (Lipinski definition) is 1. The van der Waals surface area contributed by atoms with Crippen molar-refractivity contribution in [2.24, 2.45) is 5.10 Å². The summed E-state index contributed by atoms with van der Waals surface area (Å²) in [7, 11) is 0. The third-order valence-corrected chi connectivity index (χ3v) is 6.23. The Labute approximate surface area is 223 Å². The summed E-state index contributed by atoms with van der Waals surface area (Å²) in [5.41, 5.74) is 5.90. The molecular formula is C31H34N2O5. The van der Waals surface area contributed by atoms with Crippen LogP contribution in [0.2, 0.25) is 0 Å². The molecule has 1 amide bonds. The van der Waals surface area contributed by atoms with Gasteiger partial charge in [0.2, 0.25) is 6.10 Å². The van der Waals surface area contributed by atoms with Crippen LogP contribution < -0.4 is 19.6 Å². The highest BCUT2D eigenvalue weighted by molar-refractivity contribution is 5.91. The lowest BCUT2D eigenvalue weighted by molar-refractivity contribution is -0.130. The van der Waals surface area contributed by atoms with Crippen molar-refractivity contribution in [2.75, 3.05) is 6.61 Å². The lowest BCUT2D eigenvalue weighted by Crippen LogP contribution is -2.42. The molecule has 0 spiro atoms. The first-order valence-corrected chi connectivity index (χ1v) is 12.6. The Morgan fingerprint density at radius 3 is 2.13 bits per heavy atom. The van der Waals surface area contributed by atoms with Crippen LogP contribution >= 0.6 is 0 Å². The van der Waals surface area contributed by atoms with Gasteiger partial charge >= 0.3 is 5.97 Å². The van der Waals surface area contributed by atoms with Crippen LogP contribution in [0.5, 0.6) is 17.2 Å². The largest absolute Gasteiger partial charge is 0.485 e. The second-order valence-corrected chi connectivity index (χ2v) is 11.3. The van der Waals surface area contributed by atoms with Gasteiger partial charge in [0.25, 0.3) is 5.91 Å². The maximum absolute atomic E-state index is 12.6. The first-order chi connectivity index (χ1) is 17.9. The minimum absolute atomic E-state index is 0.0120. The number of nitrogens with one attached hydrogen (secondary N) is 1. The number of hydrazone groups is 1. The van der Waals surface area contributed by atoms with Crippen molar-refractivity contribution >= 4 is 18.1 Å². The molecule has 1 N–H and O–H groups in total. The molecule has 7 heteroatoms. The zero-order chi connectivity index (χ0) is 27.5. The van der Waals surface area contributed by atoms with E-state index in [2.05, 4.69) is 52.1 Å². The van der Waals surface area contributed by atoms with Gasteiger partial charge in [-0.2, -0.15) is 5.10 Å². The molecule has 3 aromatic carbocycles. The average molecular weight is 515 g/mol. The zero-order valence-electron chi connectivity index (χ0n) is 22.7. The van der Waals surface area contributed by atoms with Gasteiger partial charge < -0.3 is 14.2 Å². The SMILES string of the molecule is CC(C)(C)c1ccc(C(=O)Oc2ccc(/C=N\NC(=O)C3COc4ccc(C(C)(C)C)cc4O3)cc2)cc1. The van der Waals surface area contributed by atoms with E-state index in [1.165, 1.54) is 6.21 Å². The van der Waals surface area contributed by atoms with Crippen molar-refractivity contribution in [3.05, 3.63) is 89.0 Å². The lowest BCUT2D eigenvalue weighted by Gasteiger charge is -2.27. The molecule has 0 fully saturated rings. The Morgan fingerprint density at radius 2 is 1.50 bits per heavy atom. The number of amides is 1. The van der Waals surface area contributed by atoms with Crippen molar-refractivity contribution in [1.82, 2.24) is 5.43 Å². The van der Waals surface area contributed by atoms with Gasteiger partial charge in [-0.25, -0.2) is 10.2 Å². The number of esters is 1. The summed E-state index contributed by atoms with van der Waals surface area (Å²) in [6.45, 7) is 12.8. The van der Waals surface area contributed by atoms with E-state index < -0.39 is 18.0 Å². The summed E-state index contributed by atoms with van der Waals surface area (Å²) in [5, 5.41) is 4.03. The van der Waals surface area contributed by atoms with Crippen molar-refractivity contribution < 1.29 is 23.8 Å². The molecular weight excluding hydrogens is 480 g/mol. The van der Waals surface area contributed by atoms with E-state index in [4.69, 9.17) is 14.2 Å². The van der Waals surface area contributed by atoms with Gasteiger partial charge in [0.15, 0.2) is 11.5 Å². The van der Waals surface area contributed by atoms with Crippen LogP contribution in [0.15, 0.2) is 71.8 Å². The molecule has 0 saturated heterocycles. The van der Waals surface area contributed by atoms with E-state index >= 15 is 0 Å². The maximum atomic E-state index is 12.6. The van der Waals surface area contributed by atoms with E-state index in [0.717, 1.165) is 16.7 Å². The molecule has 0 aromatic heterocycles. The molecule has 1 aliphatic rings. The molecule has 1 heterocycles. The van der Waals surface area contributed by atoms with Gasteiger partial charge in [0.05, 0.1) is 11.8 Å². The van der Waals surface area contributed by atoms with E-state index in [9.17, 15) is 9.59 Å². The molecule has 1 aliphatic heterocycles. The van der Waals surface area contributed by atoms with E-state index in [1.807, 2.05) is 30.3 Å². The summed E-state index contributed by atoms with van der Waals surface area (Å²) in [6.07, 6.45) is 0.693. The third-order valence-electron chi connectivity index (χ3n) is 6.23. The molecule has 4 rings (SSSR count). The summed E-state index contributed by atoms with van der Waals surface area (Å²) in [6, 6.07) is 20.0. The Balaban J connectivity index is 1.30. The highest BCUT2D eigenvalue weighted by Gasteiger charge is 2.28.